The van der Waals surface area contributed by atoms with Gasteiger partial charge in [0.25, 0.3) is 0 Å². The predicted octanol–water partition coefficient (Wildman–Crippen LogP) is 2.63. The van der Waals surface area contributed by atoms with Crippen molar-refractivity contribution in [3.05, 3.63) is 41.7 Å². The molecule has 1 aliphatic rings. The van der Waals surface area contributed by atoms with Gasteiger partial charge in [-0.05, 0) is 38.3 Å². The number of nitrogens with zero attached hydrogens (tertiary/aromatic N) is 3. The summed E-state index contributed by atoms with van der Waals surface area (Å²) in [7, 11) is 1.71. The molecule has 2 N–H and O–H groups in total. The van der Waals surface area contributed by atoms with Crippen LogP contribution in [0.15, 0.2) is 24.3 Å². The first-order chi connectivity index (χ1) is 12.1. The van der Waals surface area contributed by atoms with Crippen LogP contribution in [0.2, 0.25) is 0 Å². The fourth-order valence-electron chi connectivity index (χ4n) is 3.41. The fraction of sp³-hybridized carbons (Fsp3) is 0.556. The Morgan fingerprint density at radius 1 is 1.36 bits per heavy atom. The van der Waals surface area contributed by atoms with Gasteiger partial charge in [0.2, 0.25) is 0 Å². The van der Waals surface area contributed by atoms with Crippen molar-refractivity contribution in [1.29, 1.82) is 0 Å². The molecule has 1 saturated carbocycles. The lowest BCUT2D eigenvalue weighted by Gasteiger charge is -2.32. The molecule has 1 aromatic carbocycles. The number of ether oxygens (including phenoxy) is 2. The van der Waals surface area contributed by atoms with Crippen molar-refractivity contribution >= 4 is 0 Å². The lowest BCUT2D eigenvalue weighted by atomic mass is 9.83. The fourth-order valence-corrected chi connectivity index (χ4v) is 3.41. The van der Waals surface area contributed by atoms with Crippen LogP contribution in [0.5, 0.6) is 5.75 Å². The second-order valence-corrected chi connectivity index (χ2v) is 6.40. The Labute approximate surface area is 147 Å². The molecule has 3 atom stereocenters. The number of benzene rings is 1. The van der Waals surface area contributed by atoms with E-state index in [-0.39, 0.29) is 30.5 Å². The zero-order valence-electron chi connectivity index (χ0n) is 14.7. The number of methoxy groups -OCH3 is 1. The minimum absolute atomic E-state index is 0.0118. The molecule has 2 aromatic rings. The zero-order valence-corrected chi connectivity index (χ0v) is 14.7. The van der Waals surface area contributed by atoms with Crippen LogP contribution in [0.4, 0.5) is 4.39 Å². The van der Waals surface area contributed by atoms with E-state index in [0.717, 1.165) is 31.6 Å². The summed E-state index contributed by atoms with van der Waals surface area (Å²) < 4.78 is 26.2. The van der Waals surface area contributed by atoms with E-state index in [1.54, 1.807) is 19.2 Å². The van der Waals surface area contributed by atoms with E-state index in [1.165, 1.54) is 12.1 Å². The van der Waals surface area contributed by atoms with E-state index < -0.39 is 0 Å². The van der Waals surface area contributed by atoms with Gasteiger partial charge < -0.3 is 15.2 Å². The number of halogens is 1. The lowest BCUT2D eigenvalue weighted by molar-refractivity contribution is 0.0480. The summed E-state index contributed by atoms with van der Waals surface area (Å²) in [6.07, 6.45) is 2.86. The molecule has 3 rings (SSSR count). The van der Waals surface area contributed by atoms with Gasteiger partial charge in [0.1, 0.15) is 24.0 Å². The van der Waals surface area contributed by atoms with Crippen molar-refractivity contribution < 1.29 is 13.9 Å². The normalized spacial score (nSPS) is 23.6. The third-order valence-electron chi connectivity index (χ3n) is 4.71. The molecular weight excluding hydrogens is 323 g/mol. The van der Waals surface area contributed by atoms with Gasteiger partial charge in [-0.1, -0.05) is 6.07 Å². The van der Waals surface area contributed by atoms with Crippen LogP contribution >= 0.6 is 0 Å². The molecule has 0 unspecified atom stereocenters. The molecule has 1 aliphatic carbocycles. The molecule has 0 radical (unpaired) electrons. The SMILES string of the molecule is CCn1nc(COc2cccc(F)c2)nc1[C@H]1CC[C@@H](OC)[C@H](N)C1. The molecule has 25 heavy (non-hydrogen) atoms. The molecule has 0 bridgehead atoms. The molecule has 6 nitrogen and oxygen atoms in total. The summed E-state index contributed by atoms with van der Waals surface area (Å²) in [5, 5.41) is 4.52. The number of nitrogens with two attached hydrogens (primary N) is 1. The highest BCUT2D eigenvalue weighted by Gasteiger charge is 2.31. The van der Waals surface area contributed by atoms with Crippen molar-refractivity contribution in [2.75, 3.05) is 7.11 Å². The number of hydrogen-bond acceptors (Lipinski definition) is 5. The van der Waals surface area contributed by atoms with Crippen LogP contribution in [0.3, 0.4) is 0 Å². The van der Waals surface area contributed by atoms with E-state index in [0.29, 0.717) is 11.6 Å². The van der Waals surface area contributed by atoms with Crippen molar-refractivity contribution in [2.45, 2.75) is 57.4 Å². The van der Waals surface area contributed by atoms with Crippen LogP contribution in [0.1, 0.15) is 43.8 Å². The van der Waals surface area contributed by atoms with E-state index in [9.17, 15) is 4.39 Å². The Hall–Kier alpha value is -1.99. The first-order valence-electron chi connectivity index (χ1n) is 8.71. The van der Waals surface area contributed by atoms with E-state index in [2.05, 4.69) is 10.1 Å². The van der Waals surface area contributed by atoms with Gasteiger partial charge >= 0.3 is 0 Å². The van der Waals surface area contributed by atoms with Gasteiger partial charge in [-0.25, -0.2) is 14.1 Å². The minimum Gasteiger partial charge on any atom is -0.485 e. The molecule has 0 saturated heterocycles. The summed E-state index contributed by atoms with van der Waals surface area (Å²) in [5.41, 5.74) is 6.22. The summed E-state index contributed by atoms with van der Waals surface area (Å²) in [6.45, 7) is 2.99. The van der Waals surface area contributed by atoms with Crippen LogP contribution in [0.25, 0.3) is 0 Å². The first kappa shape index (κ1) is 17.8. The van der Waals surface area contributed by atoms with Crippen LogP contribution in [-0.4, -0.2) is 34.0 Å². The quantitative estimate of drug-likeness (QED) is 0.868. The second-order valence-electron chi connectivity index (χ2n) is 6.40. The molecule has 1 fully saturated rings. The van der Waals surface area contributed by atoms with Gasteiger partial charge in [0.05, 0.1) is 6.10 Å². The maximum Gasteiger partial charge on any atom is 0.188 e. The number of rotatable bonds is 6. The molecule has 1 heterocycles. The summed E-state index contributed by atoms with van der Waals surface area (Å²) in [4.78, 5) is 4.66. The average Bonchev–Trinajstić information content (AvgIpc) is 3.03. The topological polar surface area (TPSA) is 75.2 Å². The predicted molar refractivity (Wildman–Crippen MR) is 91.8 cm³/mol. The van der Waals surface area contributed by atoms with Gasteiger partial charge in [0, 0.05) is 31.7 Å². The Morgan fingerprint density at radius 2 is 2.20 bits per heavy atom. The zero-order chi connectivity index (χ0) is 17.8. The average molecular weight is 348 g/mol. The monoisotopic (exact) mass is 348 g/mol. The van der Waals surface area contributed by atoms with Crippen molar-refractivity contribution in [1.82, 2.24) is 14.8 Å². The van der Waals surface area contributed by atoms with Crippen molar-refractivity contribution in [3.8, 4) is 5.75 Å². The number of aromatic nitrogens is 3. The lowest BCUT2D eigenvalue weighted by Crippen LogP contribution is -2.41. The van der Waals surface area contributed by atoms with Crippen LogP contribution in [0, 0.1) is 5.82 Å². The standard InChI is InChI=1S/C18H25FN4O2/c1-3-23-18(12-7-8-16(24-2)15(20)9-12)21-17(22-23)11-25-14-6-4-5-13(19)10-14/h4-6,10,12,15-16H,3,7-9,11,20H2,1-2H3/t12-,15+,16+/m0/s1. The van der Waals surface area contributed by atoms with Gasteiger partial charge in [0.15, 0.2) is 5.82 Å². The Balaban J connectivity index is 1.69. The van der Waals surface area contributed by atoms with E-state index in [4.69, 9.17) is 15.2 Å². The van der Waals surface area contributed by atoms with Crippen molar-refractivity contribution in [2.24, 2.45) is 5.73 Å². The molecule has 7 heteroatoms. The highest BCUT2D eigenvalue weighted by molar-refractivity contribution is 5.22. The second kappa shape index (κ2) is 7.93. The smallest absolute Gasteiger partial charge is 0.188 e. The van der Waals surface area contributed by atoms with Gasteiger partial charge in [-0.15, -0.1) is 0 Å². The Morgan fingerprint density at radius 3 is 2.88 bits per heavy atom. The Kier molecular flexibility index (Phi) is 5.65. The van der Waals surface area contributed by atoms with Crippen LogP contribution < -0.4 is 10.5 Å². The molecule has 0 aliphatic heterocycles. The first-order valence-corrected chi connectivity index (χ1v) is 8.71. The maximum absolute atomic E-state index is 13.2. The van der Waals surface area contributed by atoms with Gasteiger partial charge in [-0.3, -0.25) is 0 Å². The van der Waals surface area contributed by atoms with E-state index in [1.807, 2.05) is 11.6 Å². The molecular formula is C18H25FN4O2. The largest absolute Gasteiger partial charge is 0.485 e. The summed E-state index contributed by atoms with van der Waals surface area (Å²) >= 11 is 0. The molecule has 136 valence electrons. The number of aryl methyl sites for hydroxylation is 1. The minimum atomic E-state index is -0.325. The third-order valence-corrected chi connectivity index (χ3v) is 4.71. The van der Waals surface area contributed by atoms with Gasteiger partial charge in [-0.2, -0.15) is 5.10 Å². The Bertz CT molecular complexity index is 706. The summed E-state index contributed by atoms with van der Waals surface area (Å²) in [6, 6.07) is 6.07. The highest BCUT2D eigenvalue weighted by atomic mass is 19.1. The molecule has 0 spiro atoms. The van der Waals surface area contributed by atoms with E-state index >= 15 is 0 Å². The highest BCUT2D eigenvalue weighted by Crippen LogP contribution is 2.32. The van der Waals surface area contributed by atoms with Crippen molar-refractivity contribution in [3.63, 3.8) is 0 Å². The maximum atomic E-state index is 13.2. The van der Waals surface area contributed by atoms with Crippen LogP contribution in [-0.2, 0) is 17.9 Å². The number of hydrogen-bond donors (Lipinski definition) is 1. The molecule has 0 amide bonds. The third kappa shape index (κ3) is 4.16. The summed E-state index contributed by atoms with van der Waals surface area (Å²) in [5.74, 6) is 1.97. The molecule has 1 aromatic heterocycles.